The van der Waals surface area contributed by atoms with Crippen molar-refractivity contribution in [1.82, 2.24) is 9.62 Å². The fraction of sp³-hybridized carbons (Fsp3) is 0.562. The van der Waals surface area contributed by atoms with E-state index in [1.165, 1.54) is 19.2 Å². The van der Waals surface area contributed by atoms with Gasteiger partial charge in [0.1, 0.15) is 5.75 Å². The number of carbonyl (C=O) groups excluding carboxylic acids is 1. The van der Waals surface area contributed by atoms with Gasteiger partial charge < -0.3 is 9.64 Å². The number of nitrogens with zero attached hydrogens (tertiary/aromatic N) is 1. The summed E-state index contributed by atoms with van der Waals surface area (Å²) in [6.45, 7) is 5.45. The third-order valence-electron chi connectivity index (χ3n) is 3.52. The Bertz CT molecular complexity index is 585. The Morgan fingerprint density at radius 1 is 1.22 bits per heavy atom. The monoisotopic (exact) mass is 342 g/mol. The highest BCUT2D eigenvalue weighted by Crippen LogP contribution is 2.15. The zero-order valence-electron chi connectivity index (χ0n) is 14.0. The second-order valence-corrected chi connectivity index (χ2v) is 6.92. The van der Waals surface area contributed by atoms with Crippen LogP contribution in [0.15, 0.2) is 29.2 Å². The molecular weight excluding hydrogens is 316 g/mol. The summed E-state index contributed by atoms with van der Waals surface area (Å²) in [5.41, 5.74) is 0. The number of rotatable bonds is 10. The van der Waals surface area contributed by atoms with Gasteiger partial charge in [0.05, 0.1) is 12.0 Å². The van der Waals surface area contributed by atoms with Crippen molar-refractivity contribution in [1.29, 1.82) is 0 Å². The van der Waals surface area contributed by atoms with Crippen LogP contribution in [0.1, 0.15) is 33.1 Å². The van der Waals surface area contributed by atoms with Gasteiger partial charge in [-0.05, 0) is 37.6 Å². The molecule has 0 bridgehead atoms. The highest BCUT2D eigenvalue weighted by atomic mass is 32.2. The van der Waals surface area contributed by atoms with E-state index in [4.69, 9.17) is 4.74 Å². The smallest absolute Gasteiger partial charge is 0.240 e. The highest BCUT2D eigenvalue weighted by Gasteiger charge is 2.16. The summed E-state index contributed by atoms with van der Waals surface area (Å²) < 4.78 is 31.8. The maximum absolute atomic E-state index is 12.1. The molecule has 0 spiro atoms. The number of unbranched alkanes of at least 4 members (excludes halogenated alkanes) is 1. The van der Waals surface area contributed by atoms with Gasteiger partial charge in [0.2, 0.25) is 15.9 Å². The van der Waals surface area contributed by atoms with Crippen LogP contribution in [0.2, 0.25) is 0 Å². The molecule has 1 rings (SSSR count). The predicted octanol–water partition coefficient (Wildman–Crippen LogP) is 2.01. The van der Waals surface area contributed by atoms with Crippen LogP contribution in [0.3, 0.4) is 0 Å². The Morgan fingerprint density at radius 2 is 1.87 bits per heavy atom. The van der Waals surface area contributed by atoms with Gasteiger partial charge in [0.15, 0.2) is 0 Å². The zero-order chi connectivity index (χ0) is 17.3. The normalized spacial score (nSPS) is 11.3. The molecule has 0 fully saturated rings. The van der Waals surface area contributed by atoms with E-state index in [1.807, 2.05) is 6.92 Å². The van der Waals surface area contributed by atoms with Crippen LogP contribution in [0.5, 0.6) is 5.75 Å². The van der Waals surface area contributed by atoms with Crippen molar-refractivity contribution in [3.63, 3.8) is 0 Å². The van der Waals surface area contributed by atoms with Crippen molar-refractivity contribution in [2.24, 2.45) is 0 Å². The summed E-state index contributed by atoms with van der Waals surface area (Å²) in [6.07, 6.45) is 2.14. The fourth-order valence-corrected chi connectivity index (χ4v) is 3.13. The summed E-state index contributed by atoms with van der Waals surface area (Å²) in [4.78, 5) is 14.0. The molecule has 0 radical (unpaired) electrons. The Labute approximate surface area is 138 Å². The van der Waals surface area contributed by atoms with Gasteiger partial charge in [-0.15, -0.1) is 0 Å². The Morgan fingerprint density at radius 3 is 2.39 bits per heavy atom. The summed E-state index contributed by atoms with van der Waals surface area (Å²) >= 11 is 0. The standard InChI is InChI=1S/C16H26N2O4S/c1-4-6-13-18(5-2)16(19)11-12-17-23(20,21)15-9-7-14(22-3)8-10-15/h7-10,17H,4-6,11-13H2,1-3H3. The molecule has 6 nitrogen and oxygen atoms in total. The number of nitrogens with one attached hydrogen (secondary N) is 1. The average Bonchev–Trinajstić information content (AvgIpc) is 2.55. The number of benzene rings is 1. The molecule has 0 atom stereocenters. The SMILES string of the molecule is CCCCN(CC)C(=O)CCNS(=O)(=O)c1ccc(OC)cc1. The van der Waals surface area contributed by atoms with Gasteiger partial charge in [0.25, 0.3) is 0 Å². The molecule has 0 aliphatic carbocycles. The molecule has 1 aromatic rings. The van der Waals surface area contributed by atoms with Crippen molar-refractivity contribution >= 4 is 15.9 Å². The maximum Gasteiger partial charge on any atom is 0.240 e. The molecule has 0 aliphatic heterocycles. The molecule has 1 amide bonds. The molecule has 0 aliphatic rings. The largest absolute Gasteiger partial charge is 0.497 e. The molecule has 0 aromatic heterocycles. The fourth-order valence-electron chi connectivity index (χ4n) is 2.10. The summed E-state index contributed by atoms with van der Waals surface area (Å²) in [5.74, 6) is 0.562. The van der Waals surface area contributed by atoms with E-state index in [0.717, 1.165) is 19.4 Å². The summed E-state index contributed by atoms with van der Waals surface area (Å²) in [5, 5.41) is 0. The second-order valence-electron chi connectivity index (χ2n) is 5.15. The minimum Gasteiger partial charge on any atom is -0.497 e. The van der Waals surface area contributed by atoms with Crippen molar-refractivity contribution in [2.75, 3.05) is 26.7 Å². The van der Waals surface area contributed by atoms with E-state index >= 15 is 0 Å². The third kappa shape index (κ3) is 6.19. The van der Waals surface area contributed by atoms with Crippen LogP contribution >= 0.6 is 0 Å². The van der Waals surface area contributed by atoms with Crippen LogP contribution in [0, 0.1) is 0 Å². The quantitative estimate of drug-likeness (QED) is 0.706. The second kappa shape index (κ2) is 9.52. The number of amides is 1. The van der Waals surface area contributed by atoms with Gasteiger partial charge in [-0.2, -0.15) is 0 Å². The molecule has 0 saturated carbocycles. The Hall–Kier alpha value is -1.60. The minimum atomic E-state index is -3.61. The van der Waals surface area contributed by atoms with Crippen LogP contribution in [0.4, 0.5) is 0 Å². The van der Waals surface area contributed by atoms with Crippen LogP contribution in [-0.4, -0.2) is 46.0 Å². The van der Waals surface area contributed by atoms with Crippen LogP contribution in [0.25, 0.3) is 0 Å². The van der Waals surface area contributed by atoms with Gasteiger partial charge in [-0.3, -0.25) is 4.79 Å². The Kier molecular flexibility index (Phi) is 8.05. The van der Waals surface area contributed by atoms with E-state index < -0.39 is 10.0 Å². The molecular formula is C16H26N2O4S. The van der Waals surface area contributed by atoms with Crippen LogP contribution < -0.4 is 9.46 Å². The predicted molar refractivity (Wildman–Crippen MR) is 90.0 cm³/mol. The van der Waals surface area contributed by atoms with E-state index in [0.29, 0.717) is 12.3 Å². The first-order chi connectivity index (χ1) is 10.9. The molecule has 1 aromatic carbocycles. The zero-order valence-corrected chi connectivity index (χ0v) is 14.9. The topological polar surface area (TPSA) is 75.7 Å². The molecule has 23 heavy (non-hydrogen) atoms. The summed E-state index contributed by atoms with van der Waals surface area (Å²) in [7, 11) is -2.09. The summed E-state index contributed by atoms with van der Waals surface area (Å²) in [6, 6.07) is 6.12. The number of methoxy groups -OCH3 is 1. The van der Waals surface area contributed by atoms with Crippen molar-refractivity contribution in [3.8, 4) is 5.75 Å². The number of hydrogen-bond acceptors (Lipinski definition) is 4. The third-order valence-corrected chi connectivity index (χ3v) is 4.99. The van der Waals surface area contributed by atoms with E-state index in [1.54, 1.807) is 17.0 Å². The highest BCUT2D eigenvalue weighted by molar-refractivity contribution is 7.89. The van der Waals surface area contributed by atoms with Crippen molar-refractivity contribution in [3.05, 3.63) is 24.3 Å². The minimum absolute atomic E-state index is 0.0293. The van der Waals surface area contributed by atoms with Crippen molar-refractivity contribution < 1.29 is 17.9 Å². The lowest BCUT2D eigenvalue weighted by molar-refractivity contribution is -0.130. The first-order valence-electron chi connectivity index (χ1n) is 7.86. The number of hydrogen-bond donors (Lipinski definition) is 1. The lowest BCUT2D eigenvalue weighted by Crippen LogP contribution is -2.35. The number of sulfonamides is 1. The molecule has 0 heterocycles. The van der Waals surface area contributed by atoms with E-state index in [9.17, 15) is 13.2 Å². The molecule has 0 unspecified atom stereocenters. The first-order valence-corrected chi connectivity index (χ1v) is 9.34. The number of ether oxygens (including phenoxy) is 1. The maximum atomic E-state index is 12.1. The molecule has 0 saturated heterocycles. The average molecular weight is 342 g/mol. The lowest BCUT2D eigenvalue weighted by Gasteiger charge is -2.20. The van der Waals surface area contributed by atoms with Gasteiger partial charge in [-0.1, -0.05) is 13.3 Å². The molecule has 7 heteroatoms. The molecule has 130 valence electrons. The van der Waals surface area contributed by atoms with Gasteiger partial charge in [0, 0.05) is 26.1 Å². The Balaban J connectivity index is 2.53. The lowest BCUT2D eigenvalue weighted by atomic mass is 10.3. The molecule has 1 N–H and O–H groups in total. The van der Waals surface area contributed by atoms with Gasteiger partial charge in [-0.25, -0.2) is 13.1 Å². The van der Waals surface area contributed by atoms with Crippen molar-refractivity contribution in [2.45, 2.75) is 38.0 Å². The first kappa shape index (κ1) is 19.4. The van der Waals surface area contributed by atoms with Gasteiger partial charge >= 0.3 is 0 Å². The van der Waals surface area contributed by atoms with Crippen LogP contribution in [-0.2, 0) is 14.8 Å². The number of carbonyl (C=O) groups is 1. The van der Waals surface area contributed by atoms with E-state index in [2.05, 4.69) is 11.6 Å². The van der Waals surface area contributed by atoms with E-state index in [-0.39, 0.29) is 23.8 Å².